The summed E-state index contributed by atoms with van der Waals surface area (Å²) >= 11 is 0. The molecule has 1 unspecified atom stereocenters. The number of hydrogen-bond acceptors (Lipinski definition) is 3. The highest BCUT2D eigenvalue weighted by atomic mass is 16.5. The molecule has 3 nitrogen and oxygen atoms in total. The Morgan fingerprint density at radius 1 is 1.35 bits per heavy atom. The van der Waals surface area contributed by atoms with Crippen LogP contribution in [0.3, 0.4) is 0 Å². The predicted octanol–water partition coefficient (Wildman–Crippen LogP) is 2.47. The summed E-state index contributed by atoms with van der Waals surface area (Å²) in [5, 5.41) is 9.84. The number of aliphatic hydroxyl groups is 1. The largest absolute Gasteiger partial charge is 0.491 e. The topological polar surface area (TPSA) is 38.7 Å². The van der Waals surface area contributed by atoms with E-state index in [-0.39, 0.29) is 6.10 Å². The van der Waals surface area contributed by atoms with Gasteiger partial charge in [-0.1, -0.05) is 6.07 Å². The zero-order chi connectivity index (χ0) is 12.1. The first-order chi connectivity index (χ1) is 8.31. The van der Waals surface area contributed by atoms with Crippen molar-refractivity contribution in [3.8, 4) is 5.75 Å². The van der Waals surface area contributed by atoms with Crippen molar-refractivity contribution in [3.63, 3.8) is 0 Å². The minimum atomic E-state index is -0.295. The van der Waals surface area contributed by atoms with Crippen LogP contribution >= 0.6 is 0 Å². The molecule has 1 N–H and O–H groups in total. The molecule has 0 radical (unpaired) electrons. The number of aryl methyl sites for hydroxylation is 1. The van der Waals surface area contributed by atoms with E-state index in [2.05, 4.69) is 0 Å². The van der Waals surface area contributed by atoms with E-state index >= 15 is 0 Å². The molecule has 0 bridgehead atoms. The smallest absolute Gasteiger partial charge is 0.119 e. The van der Waals surface area contributed by atoms with Crippen LogP contribution in [-0.2, 0) is 11.2 Å². The first-order valence-electron chi connectivity index (χ1n) is 6.32. The summed E-state index contributed by atoms with van der Waals surface area (Å²) in [5.74, 6) is 0.873. The van der Waals surface area contributed by atoms with Crippen LogP contribution in [0, 0.1) is 0 Å². The summed E-state index contributed by atoms with van der Waals surface area (Å²) in [6, 6.07) is 5.96. The molecular weight excluding hydrogens is 216 g/mol. The molecule has 17 heavy (non-hydrogen) atoms. The minimum Gasteiger partial charge on any atom is -0.491 e. The van der Waals surface area contributed by atoms with Crippen LogP contribution in [-0.4, -0.2) is 24.9 Å². The normalized spacial score (nSPS) is 18.8. The molecular formula is C14H20O3. The Balaban J connectivity index is 1.96. The van der Waals surface area contributed by atoms with Crippen molar-refractivity contribution in [2.45, 2.75) is 32.3 Å². The third-order valence-corrected chi connectivity index (χ3v) is 3.10. The number of fused-ring (bicyclic) bond motifs is 1. The van der Waals surface area contributed by atoms with Gasteiger partial charge in [0, 0.05) is 6.61 Å². The molecule has 1 aromatic carbocycles. The van der Waals surface area contributed by atoms with Crippen LogP contribution < -0.4 is 4.74 Å². The molecule has 3 heteroatoms. The fraction of sp³-hybridized carbons (Fsp3) is 0.571. The minimum absolute atomic E-state index is 0.295. The number of rotatable bonds is 5. The van der Waals surface area contributed by atoms with E-state index in [1.807, 2.05) is 25.1 Å². The van der Waals surface area contributed by atoms with Crippen LogP contribution in [0.25, 0.3) is 0 Å². The van der Waals surface area contributed by atoms with E-state index in [0.29, 0.717) is 13.2 Å². The lowest BCUT2D eigenvalue weighted by Crippen LogP contribution is -2.10. The molecule has 0 saturated heterocycles. The van der Waals surface area contributed by atoms with E-state index in [1.165, 1.54) is 5.56 Å². The van der Waals surface area contributed by atoms with Crippen molar-refractivity contribution in [1.29, 1.82) is 0 Å². The summed E-state index contributed by atoms with van der Waals surface area (Å²) < 4.78 is 10.8. The Kier molecular flexibility index (Phi) is 4.40. The number of ether oxygens (including phenoxy) is 2. The highest BCUT2D eigenvalue weighted by Crippen LogP contribution is 2.31. The summed E-state index contributed by atoms with van der Waals surface area (Å²) in [7, 11) is 0. The van der Waals surface area contributed by atoms with E-state index in [1.54, 1.807) is 0 Å². The number of hydrogen-bond donors (Lipinski definition) is 1. The van der Waals surface area contributed by atoms with Gasteiger partial charge in [-0.15, -0.1) is 0 Å². The molecule has 0 spiro atoms. The molecule has 0 heterocycles. The molecule has 0 saturated carbocycles. The molecule has 2 rings (SSSR count). The number of aliphatic hydroxyl groups excluding tert-OH is 1. The third-order valence-electron chi connectivity index (χ3n) is 3.10. The monoisotopic (exact) mass is 236 g/mol. The highest BCUT2D eigenvalue weighted by molar-refractivity contribution is 5.38. The maximum absolute atomic E-state index is 9.84. The van der Waals surface area contributed by atoms with Gasteiger partial charge in [0.05, 0.1) is 12.7 Å². The van der Waals surface area contributed by atoms with Gasteiger partial charge in [-0.2, -0.15) is 0 Å². The second-order valence-corrected chi connectivity index (χ2v) is 4.31. The standard InChI is InChI=1S/C14H20O3/c1-2-16-8-9-17-12-6-7-13-11(10-12)4-3-5-14(13)15/h6-7,10,14-15H,2-5,8-9H2,1H3. The van der Waals surface area contributed by atoms with Crippen LogP contribution in [0.4, 0.5) is 0 Å². The van der Waals surface area contributed by atoms with E-state index in [9.17, 15) is 5.11 Å². The highest BCUT2D eigenvalue weighted by Gasteiger charge is 2.17. The van der Waals surface area contributed by atoms with Crippen molar-refractivity contribution in [2.75, 3.05) is 19.8 Å². The number of benzene rings is 1. The van der Waals surface area contributed by atoms with Gasteiger partial charge in [0.1, 0.15) is 12.4 Å². The van der Waals surface area contributed by atoms with Gasteiger partial charge < -0.3 is 14.6 Å². The molecule has 1 aliphatic rings. The molecule has 0 amide bonds. The van der Waals surface area contributed by atoms with Gasteiger partial charge in [-0.25, -0.2) is 0 Å². The van der Waals surface area contributed by atoms with E-state index in [0.717, 1.165) is 37.2 Å². The van der Waals surface area contributed by atoms with Crippen LogP contribution in [0.2, 0.25) is 0 Å². The summed E-state index contributed by atoms with van der Waals surface area (Å²) in [6.45, 7) is 3.89. The molecule has 1 aliphatic carbocycles. The lowest BCUT2D eigenvalue weighted by Gasteiger charge is -2.21. The van der Waals surface area contributed by atoms with Crippen molar-refractivity contribution in [2.24, 2.45) is 0 Å². The van der Waals surface area contributed by atoms with Crippen LogP contribution in [0.15, 0.2) is 18.2 Å². The second-order valence-electron chi connectivity index (χ2n) is 4.31. The Hall–Kier alpha value is -1.06. The van der Waals surface area contributed by atoms with E-state index in [4.69, 9.17) is 9.47 Å². The quantitative estimate of drug-likeness (QED) is 0.798. The average Bonchev–Trinajstić information content (AvgIpc) is 2.35. The predicted molar refractivity (Wildman–Crippen MR) is 66.3 cm³/mol. The summed E-state index contributed by atoms with van der Waals surface area (Å²) in [4.78, 5) is 0. The van der Waals surface area contributed by atoms with Crippen molar-refractivity contribution < 1.29 is 14.6 Å². The zero-order valence-corrected chi connectivity index (χ0v) is 10.3. The van der Waals surface area contributed by atoms with Gasteiger partial charge in [0.15, 0.2) is 0 Å². The molecule has 1 aromatic rings. The Labute approximate surface area is 102 Å². The maximum atomic E-state index is 9.84. The van der Waals surface area contributed by atoms with Gasteiger partial charge in [-0.3, -0.25) is 0 Å². The van der Waals surface area contributed by atoms with Crippen molar-refractivity contribution in [1.82, 2.24) is 0 Å². The van der Waals surface area contributed by atoms with Crippen LogP contribution in [0.1, 0.15) is 37.0 Å². The second kappa shape index (κ2) is 6.03. The van der Waals surface area contributed by atoms with Gasteiger partial charge in [-0.05, 0) is 49.4 Å². The molecule has 1 atom stereocenters. The zero-order valence-electron chi connectivity index (χ0n) is 10.3. The Morgan fingerprint density at radius 2 is 2.24 bits per heavy atom. The molecule has 0 aromatic heterocycles. The van der Waals surface area contributed by atoms with Gasteiger partial charge in [0.25, 0.3) is 0 Å². The molecule has 0 fully saturated rings. The Morgan fingerprint density at radius 3 is 3.06 bits per heavy atom. The average molecular weight is 236 g/mol. The third kappa shape index (κ3) is 3.20. The van der Waals surface area contributed by atoms with Crippen molar-refractivity contribution >= 4 is 0 Å². The van der Waals surface area contributed by atoms with Gasteiger partial charge >= 0.3 is 0 Å². The lowest BCUT2D eigenvalue weighted by atomic mass is 9.89. The lowest BCUT2D eigenvalue weighted by molar-refractivity contribution is 0.110. The summed E-state index contributed by atoms with van der Waals surface area (Å²) in [5.41, 5.74) is 2.28. The maximum Gasteiger partial charge on any atom is 0.119 e. The first kappa shape index (κ1) is 12.4. The Bertz CT molecular complexity index is 362. The summed E-state index contributed by atoms with van der Waals surface area (Å²) in [6.07, 6.45) is 2.67. The van der Waals surface area contributed by atoms with Crippen LogP contribution in [0.5, 0.6) is 5.75 Å². The fourth-order valence-corrected chi connectivity index (χ4v) is 2.22. The SMILES string of the molecule is CCOCCOc1ccc2c(c1)CCCC2O. The van der Waals surface area contributed by atoms with Gasteiger partial charge in [0.2, 0.25) is 0 Å². The molecule has 0 aliphatic heterocycles. The molecule has 94 valence electrons. The first-order valence-corrected chi connectivity index (χ1v) is 6.32. The fourth-order valence-electron chi connectivity index (χ4n) is 2.22. The van der Waals surface area contributed by atoms with Crippen molar-refractivity contribution in [3.05, 3.63) is 29.3 Å². The van der Waals surface area contributed by atoms with E-state index < -0.39 is 0 Å².